The van der Waals surface area contributed by atoms with Gasteiger partial charge in [0.2, 0.25) is 0 Å². The molecule has 1 aliphatic heterocycles. The Morgan fingerprint density at radius 2 is 2.00 bits per heavy atom. The Morgan fingerprint density at radius 1 is 1.21 bits per heavy atom. The highest BCUT2D eigenvalue weighted by Gasteiger charge is 2.29. The van der Waals surface area contributed by atoms with Crippen molar-refractivity contribution in [2.75, 3.05) is 13.2 Å². The van der Waals surface area contributed by atoms with Gasteiger partial charge >= 0.3 is 5.51 Å². The molecule has 29 heavy (non-hydrogen) atoms. The molecule has 1 aliphatic rings. The van der Waals surface area contributed by atoms with Gasteiger partial charge < -0.3 is 14.0 Å². The number of ether oxygens (including phenoxy) is 2. The van der Waals surface area contributed by atoms with Crippen LogP contribution in [-0.2, 0) is 22.7 Å². The second kappa shape index (κ2) is 10.3. The number of halogens is 3. The fourth-order valence-electron chi connectivity index (χ4n) is 3.11. The first-order chi connectivity index (χ1) is 13.9. The summed E-state index contributed by atoms with van der Waals surface area (Å²) >= 11 is -0.162. The van der Waals surface area contributed by atoms with Crippen molar-refractivity contribution >= 4 is 17.5 Å². The van der Waals surface area contributed by atoms with E-state index in [1.54, 1.807) is 18.2 Å². The van der Waals surface area contributed by atoms with E-state index in [0.717, 1.165) is 32.5 Å². The highest BCUT2D eigenvalue weighted by atomic mass is 32.2. The first kappa shape index (κ1) is 21.9. The summed E-state index contributed by atoms with van der Waals surface area (Å²) in [7, 11) is 0. The summed E-state index contributed by atoms with van der Waals surface area (Å²) in [6, 6.07) is 7.63. The minimum absolute atomic E-state index is 0.0663. The largest absolute Gasteiger partial charge is 0.446 e. The van der Waals surface area contributed by atoms with E-state index in [9.17, 15) is 18.0 Å². The zero-order valence-corrected chi connectivity index (χ0v) is 16.6. The minimum Gasteiger partial charge on any atom is -0.381 e. The van der Waals surface area contributed by atoms with Crippen molar-refractivity contribution in [3.8, 4) is 0 Å². The van der Waals surface area contributed by atoms with Crippen molar-refractivity contribution in [1.82, 2.24) is 5.16 Å². The molecule has 1 saturated heterocycles. The monoisotopic (exact) mass is 429 g/mol. The zero-order chi connectivity index (χ0) is 20.7. The molecule has 0 saturated carbocycles. The molecule has 2 heterocycles. The predicted molar refractivity (Wildman–Crippen MR) is 100 cm³/mol. The number of hydrogen-bond acceptors (Lipinski definition) is 6. The summed E-state index contributed by atoms with van der Waals surface area (Å²) in [5.74, 6) is 0.845. The van der Waals surface area contributed by atoms with Crippen LogP contribution in [0.5, 0.6) is 0 Å². The van der Waals surface area contributed by atoms with Crippen LogP contribution in [0.1, 0.15) is 47.5 Å². The van der Waals surface area contributed by atoms with Crippen LogP contribution in [0, 0.1) is 5.92 Å². The number of nitrogens with zero attached hydrogens (tertiary/aromatic N) is 1. The maximum atomic E-state index is 12.5. The molecule has 5 nitrogen and oxygen atoms in total. The number of hydrogen-bond donors (Lipinski definition) is 0. The standard InChI is InChI=1S/C20H22F3NO4S/c21-20(22,23)29-17-3-1-2-15(10-17)12-27-13-16-11-18(24-28-16)19(25)5-4-14-6-8-26-9-7-14/h1-3,10-11,14H,4-9,12-13H2. The van der Waals surface area contributed by atoms with Crippen molar-refractivity contribution in [1.29, 1.82) is 0 Å². The molecule has 3 rings (SSSR count). The molecule has 158 valence electrons. The van der Waals surface area contributed by atoms with E-state index in [1.807, 2.05) is 0 Å². The molecule has 1 fully saturated rings. The first-order valence-corrected chi connectivity index (χ1v) is 10.2. The topological polar surface area (TPSA) is 61.6 Å². The third-order valence-corrected chi connectivity index (χ3v) is 5.33. The molecule has 9 heteroatoms. The second-order valence-corrected chi connectivity index (χ2v) is 8.02. The molecule has 2 aromatic rings. The van der Waals surface area contributed by atoms with Gasteiger partial charge in [0.15, 0.2) is 11.5 Å². The smallest absolute Gasteiger partial charge is 0.381 e. The Kier molecular flexibility index (Phi) is 7.74. The summed E-state index contributed by atoms with van der Waals surface area (Å²) in [5.41, 5.74) is -3.43. The van der Waals surface area contributed by atoms with Gasteiger partial charge in [-0.15, -0.1) is 0 Å². The fourth-order valence-corrected chi connectivity index (χ4v) is 3.74. The normalized spacial score (nSPS) is 15.6. The van der Waals surface area contributed by atoms with Gasteiger partial charge in [-0.25, -0.2) is 0 Å². The Hall–Kier alpha value is -1.84. The van der Waals surface area contributed by atoms with Crippen molar-refractivity contribution in [2.45, 2.75) is 49.3 Å². The highest BCUT2D eigenvalue weighted by Crippen LogP contribution is 2.37. The summed E-state index contributed by atoms with van der Waals surface area (Å²) in [4.78, 5) is 12.4. The third kappa shape index (κ3) is 7.49. The van der Waals surface area contributed by atoms with Crippen LogP contribution in [0.2, 0.25) is 0 Å². The Morgan fingerprint density at radius 3 is 2.76 bits per heavy atom. The van der Waals surface area contributed by atoms with Crippen LogP contribution in [0.4, 0.5) is 13.2 Å². The number of Topliss-reactive ketones (excluding diaryl/α,β-unsaturated/α-hetero) is 1. The predicted octanol–water partition coefficient (Wildman–Crippen LogP) is 5.39. The van der Waals surface area contributed by atoms with Gasteiger partial charge in [0.05, 0.1) is 6.61 Å². The zero-order valence-electron chi connectivity index (χ0n) is 15.7. The molecule has 0 N–H and O–H groups in total. The fraction of sp³-hybridized carbons (Fsp3) is 0.500. The lowest BCUT2D eigenvalue weighted by atomic mass is 9.93. The number of benzene rings is 1. The number of carbonyl (C=O) groups is 1. The number of alkyl halides is 3. The van der Waals surface area contributed by atoms with Crippen LogP contribution in [0.3, 0.4) is 0 Å². The Balaban J connectivity index is 1.43. The maximum absolute atomic E-state index is 12.5. The number of aromatic nitrogens is 1. The van der Waals surface area contributed by atoms with Gasteiger partial charge in [-0.2, -0.15) is 13.2 Å². The van der Waals surface area contributed by atoms with E-state index in [2.05, 4.69) is 5.16 Å². The molecular formula is C20H22F3NO4S. The molecule has 0 aliphatic carbocycles. The molecule has 1 aromatic carbocycles. The van der Waals surface area contributed by atoms with Gasteiger partial charge in [-0.3, -0.25) is 4.79 Å². The Bertz CT molecular complexity index is 803. The lowest BCUT2D eigenvalue weighted by Gasteiger charge is -2.21. The summed E-state index contributed by atoms with van der Waals surface area (Å²) in [6.07, 6.45) is 3.19. The van der Waals surface area contributed by atoms with E-state index in [1.165, 1.54) is 12.1 Å². The average molecular weight is 429 g/mol. The van der Waals surface area contributed by atoms with E-state index in [-0.39, 0.29) is 41.3 Å². The average Bonchev–Trinajstić information content (AvgIpc) is 3.15. The number of rotatable bonds is 9. The molecule has 0 unspecified atom stereocenters. The van der Waals surface area contributed by atoms with E-state index >= 15 is 0 Å². The molecule has 0 bridgehead atoms. The van der Waals surface area contributed by atoms with Crippen molar-refractivity contribution in [3.05, 3.63) is 47.3 Å². The van der Waals surface area contributed by atoms with Gasteiger partial charge in [0, 0.05) is 30.6 Å². The molecular weight excluding hydrogens is 407 g/mol. The van der Waals surface area contributed by atoms with Gasteiger partial charge in [0.25, 0.3) is 0 Å². The summed E-state index contributed by atoms with van der Waals surface area (Å²) in [5, 5.41) is 3.80. The maximum Gasteiger partial charge on any atom is 0.446 e. The van der Waals surface area contributed by atoms with E-state index < -0.39 is 5.51 Å². The lowest BCUT2D eigenvalue weighted by Crippen LogP contribution is -2.16. The van der Waals surface area contributed by atoms with Gasteiger partial charge in [0.1, 0.15) is 12.3 Å². The van der Waals surface area contributed by atoms with Crippen LogP contribution in [-0.4, -0.2) is 29.7 Å². The van der Waals surface area contributed by atoms with Gasteiger partial charge in [-0.05, 0) is 54.6 Å². The number of thioether (sulfide) groups is 1. The molecule has 0 atom stereocenters. The number of carbonyl (C=O) groups excluding carboxylic acids is 1. The van der Waals surface area contributed by atoms with Crippen molar-refractivity contribution < 1.29 is 32.0 Å². The molecule has 0 spiro atoms. The van der Waals surface area contributed by atoms with Crippen molar-refractivity contribution in [2.24, 2.45) is 5.92 Å². The SMILES string of the molecule is O=C(CCC1CCOCC1)c1cc(COCc2cccc(SC(F)(F)F)c2)on1. The van der Waals surface area contributed by atoms with E-state index in [0.29, 0.717) is 23.7 Å². The van der Waals surface area contributed by atoms with Crippen molar-refractivity contribution in [3.63, 3.8) is 0 Å². The van der Waals surface area contributed by atoms with Crippen LogP contribution < -0.4 is 0 Å². The van der Waals surface area contributed by atoms with Crippen LogP contribution in [0.15, 0.2) is 39.8 Å². The third-order valence-electron chi connectivity index (χ3n) is 4.61. The lowest BCUT2D eigenvalue weighted by molar-refractivity contribution is -0.0328. The highest BCUT2D eigenvalue weighted by molar-refractivity contribution is 8.00. The second-order valence-electron chi connectivity index (χ2n) is 6.88. The minimum atomic E-state index is -4.33. The van der Waals surface area contributed by atoms with E-state index in [4.69, 9.17) is 14.0 Å². The molecule has 0 amide bonds. The van der Waals surface area contributed by atoms with Gasteiger partial charge in [-0.1, -0.05) is 17.3 Å². The molecule has 0 radical (unpaired) electrons. The Labute approximate surface area is 170 Å². The summed E-state index contributed by atoms with van der Waals surface area (Å²) < 4.78 is 53.3. The van der Waals surface area contributed by atoms with Crippen LogP contribution >= 0.6 is 11.8 Å². The first-order valence-electron chi connectivity index (χ1n) is 9.38. The quantitative estimate of drug-likeness (QED) is 0.393. The van der Waals surface area contributed by atoms with Crippen LogP contribution in [0.25, 0.3) is 0 Å². The number of ketones is 1. The molecule has 1 aromatic heterocycles. The summed E-state index contributed by atoms with van der Waals surface area (Å²) in [6.45, 7) is 1.71.